The molecule has 0 fully saturated rings. The van der Waals surface area contributed by atoms with Gasteiger partial charge in [0.15, 0.2) is 0 Å². The van der Waals surface area contributed by atoms with Crippen LogP contribution in [0.25, 0.3) is 0 Å². The molecule has 122 valence electrons. The Morgan fingerprint density at radius 1 is 1.18 bits per heavy atom. The first-order valence-corrected chi connectivity index (χ1v) is 8.77. The van der Waals surface area contributed by atoms with E-state index in [0.29, 0.717) is 6.54 Å². The lowest BCUT2D eigenvalue weighted by Gasteiger charge is -2.09. The van der Waals surface area contributed by atoms with Crippen LogP contribution in [0.3, 0.4) is 0 Å². The quantitative estimate of drug-likeness (QED) is 0.459. The predicted molar refractivity (Wildman–Crippen MR) is 95.3 cm³/mol. The first-order chi connectivity index (χ1) is 10.7. The molecule has 1 N–H and O–H groups in total. The number of rotatable bonds is 10. The minimum Gasteiger partial charge on any atom is -0.352 e. The largest absolute Gasteiger partial charge is 0.352 e. The van der Waals surface area contributed by atoms with E-state index in [0.717, 1.165) is 48.3 Å². The van der Waals surface area contributed by atoms with Crippen LogP contribution in [0.2, 0.25) is 5.02 Å². The van der Waals surface area contributed by atoms with E-state index in [1.807, 2.05) is 24.3 Å². The van der Waals surface area contributed by atoms with Gasteiger partial charge in [0.05, 0.1) is 0 Å². The lowest BCUT2D eigenvalue weighted by molar-refractivity contribution is -0.117. The second kappa shape index (κ2) is 11.3. The molecule has 1 aromatic rings. The number of hydrogen-bond donors (Lipinski definition) is 1. The molecule has 0 spiro atoms. The van der Waals surface area contributed by atoms with E-state index < -0.39 is 0 Å². The SMILES string of the molecule is CCC=C(CCCCC)C(=O)NCCCc1ccccc1Cl. The first kappa shape index (κ1) is 18.8. The summed E-state index contributed by atoms with van der Waals surface area (Å²) in [5.74, 6) is 0.0945. The van der Waals surface area contributed by atoms with Gasteiger partial charge >= 0.3 is 0 Å². The maximum absolute atomic E-state index is 12.2. The summed E-state index contributed by atoms with van der Waals surface area (Å²) in [6, 6.07) is 7.88. The van der Waals surface area contributed by atoms with Crippen LogP contribution in [-0.4, -0.2) is 12.5 Å². The fraction of sp³-hybridized carbons (Fsp3) is 0.526. The molecule has 0 saturated carbocycles. The number of nitrogens with one attached hydrogen (secondary N) is 1. The normalized spacial score (nSPS) is 11.5. The number of unbranched alkanes of at least 4 members (excludes halogenated alkanes) is 2. The van der Waals surface area contributed by atoms with Crippen molar-refractivity contribution < 1.29 is 4.79 Å². The molecule has 3 heteroatoms. The highest BCUT2D eigenvalue weighted by atomic mass is 35.5. The summed E-state index contributed by atoms with van der Waals surface area (Å²) in [4.78, 5) is 12.2. The van der Waals surface area contributed by atoms with Crippen molar-refractivity contribution >= 4 is 17.5 Å². The van der Waals surface area contributed by atoms with Gasteiger partial charge in [-0.1, -0.05) is 62.6 Å². The topological polar surface area (TPSA) is 29.1 Å². The first-order valence-electron chi connectivity index (χ1n) is 8.39. The van der Waals surface area contributed by atoms with Gasteiger partial charge in [-0.3, -0.25) is 4.79 Å². The van der Waals surface area contributed by atoms with E-state index in [2.05, 4.69) is 25.2 Å². The van der Waals surface area contributed by atoms with Crippen LogP contribution in [0.1, 0.15) is 57.9 Å². The third-order valence-corrected chi connectivity index (χ3v) is 4.03. The second-order valence-corrected chi connectivity index (χ2v) is 5.95. The molecule has 0 bridgehead atoms. The third-order valence-electron chi connectivity index (χ3n) is 3.66. The summed E-state index contributed by atoms with van der Waals surface area (Å²) >= 11 is 6.13. The van der Waals surface area contributed by atoms with Crippen LogP contribution in [0.15, 0.2) is 35.9 Å². The molecule has 0 radical (unpaired) electrons. The van der Waals surface area contributed by atoms with Crippen molar-refractivity contribution in [2.45, 2.75) is 58.8 Å². The number of aryl methyl sites for hydroxylation is 1. The fourth-order valence-electron chi connectivity index (χ4n) is 2.42. The van der Waals surface area contributed by atoms with Gasteiger partial charge in [0.1, 0.15) is 0 Å². The molecule has 1 rings (SSSR count). The van der Waals surface area contributed by atoms with Crippen molar-refractivity contribution in [1.29, 1.82) is 0 Å². The van der Waals surface area contributed by atoms with Gasteiger partial charge in [0, 0.05) is 17.1 Å². The van der Waals surface area contributed by atoms with Crippen molar-refractivity contribution in [1.82, 2.24) is 5.32 Å². The van der Waals surface area contributed by atoms with E-state index in [4.69, 9.17) is 11.6 Å². The van der Waals surface area contributed by atoms with Gasteiger partial charge in [-0.15, -0.1) is 0 Å². The second-order valence-electron chi connectivity index (χ2n) is 5.55. The molecule has 0 heterocycles. The zero-order chi connectivity index (χ0) is 16.2. The highest BCUT2D eigenvalue weighted by Crippen LogP contribution is 2.16. The van der Waals surface area contributed by atoms with Crippen LogP contribution < -0.4 is 5.32 Å². The summed E-state index contributed by atoms with van der Waals surface area (Å²) in [7, 11) is 0. The number of carbonyl (C=O) groups excluding carboxylic acids is 1. The standard InChI is InChI=1S/C19H28ClNO/c1-3-5-6-12-17(10-4-2)19(22)21-15-9-13-16-11-7-8-14-18(16)20/h7-8,10-11,14H,3-6,9,12-13,15H2,1-2H3,(H,21,22). The Morgan fingerprint density at radius 2 is 1.95 bits per heavy atom. The lowest BCUT2D eigenvalue weighted by atomic mass is 10.1. The highest BCUT2D eigenvalue weighted by Gasteiger charge is 2.08. The maximum Gasteiger partial charge on any atom is 0.246 e. The van der Waals surface area contributed by atoms with E-state index in [9.17, 15) is 4.79 Å². The molecule has 0 aromatic heterocycles. The average molecular weight is 322 g/mol. The summed E-state index contributed by atoms with van der Waals surface area (Å²) in [5.41, 5.74) is 2.08. The Labute approximate surface area is 140 Å². The number of allylic oxidation sites excluding steroid dienone is 1. The van der Waals surface area contributed by atoms with Crippen LogP contribution >= 0.6 is 11.6 Å². The van der Waals surface area contributed by atoms with Crippen molar-refractivity contribution in [2.75, 3.05) is 6.54 Å². The van der Waals surface area contributed by atoms with Crippen LogP contribution in [-0.2, 0) is 11.2 Å². The van der Waals surface area contributed by atoms with Crippen molar-refractivity contribution in [3.63, 3.8) is 0 Å². The minimum atomic E-state index is 0.0945. The molecule has 22 heavy (non-hydrogen) atoms. The Balaban J connectivity index is 2.34. The summed E-state index contributed by atoms with van der Waals surface area (Å²) in [5, 5.41) is 3.84. The van der Waals surface area contributed by atoms with Crippen LogP contribution in [0.4, 0.5) is 0 Å². The number of hydrogen-bond acceptors (Lipinski definition) is 1. The van der Waals surface area contributed by atoms with E-state index >= 15 is 0 Å². The Kier molecular flexibility index (Phi) is 9.65. The zero-order valence-electron chi connectivity index (χ0n) is 13.8. The Morgan fingerprint density at radius 3 is 2.64 bits per heavy atom. The highest BCUT2D eigenvalue weighted by molar-refractivity contribution is 6.31. The number of halogens is 1. The Bertz CT molecular complexity index is 482. The number of carbonyl (C=O) groups is 1. The lowest BCUT2D eigenvalue weighted by Crippen LogP contribution is -2.26. The summed E-state index contributed by atoms with van der Waals surface area (Å²) in [6.45, 7) is 4.95. The fourth-order valence-corrected chi connectivity index (χ4v) is 2.65. The Hall–Kier alpha value is -1.28. The van der Waals surface area contributed by atoms with Gasteiger partial charge in [0.25, 0.3) is 0 Å². The molecule has 0 aliphatic rings. The molecule has 0 saturated heterocycles. The van der Waals surface area contributed by atoms with Gasteiger partial charge in [-0.2, -0.15) is 0 Å². The smallest absolute Gasteiger partial charge is 0.246 e. The molecular weight excluding hydrogens is 294 g/mol. The van der Waals surface area contributed by atoms with Crippen molar-refractivity contribution in [3.8, 4) is 0 Å². The van der Waals surface area contributed by atoms with Crippen LogP contribution in [0, 0.1) is 0 Å². The van der Waals surface area contributed by atoms with Gasteiger partial charge in [-0.25, -0.2) is 0 Å². The van der Waals surface area contributed by atoms with E-state index in [1.54, 1.807) is 0 Å². The van der Waals surface area contributed by atoms with E-state index in [-0.39, 0.29) is 5.91 Å². The third kappa shape index (κ3) is 7.13. The molecule has 0 unspecified atom stereocenters. The molecule has 0 atom stereocenters. The van der Waals surface area contributed by atoms with Crippen molar-refractivity contribution in [2.24, 2.45) is 0 Å². The van der Waals surface area contributed by atoms with Crippen molar-refractivity contribution in [3.05, 3.63) is 46.5 Å². The van der Waals surface area contributed by atoms with Gasteiger partial charge in [0.2, 0.25) is 5.91 Å². The molecule has 1 amide bonds. The number of amides is 1. The summed E-state index contributed by atoms with van der Waals surface area (Å²) in [6.07, 6.45) is 9.10. The minimum absolute atomic E-state index is 0.0945. The average Bonchev–Trinajstić information content (AvgIpc) is 2.52. The van der Waals surface area contributed by atoms with E-state index in [1.165, 1.54) is 12.8 Å². The summed E-state index contributed by atoms with van der Waals surface area (Å²) < 4.78 is 0. The molecular formula is C19H28ClNO. The number of benzene rings is 1. The monoisotopic (exact) mass is 321 g/mol. The molecule has 0 aliphatic heterocycles. The molecule has 1 aromatic carbocycles. The van der Waals surface area contributed by atoms with Gasteiger partial charge < -0.3 is 5.32 Å². The molecule has 2 nitrogen and oxygen atoms in total. The zero-order valence-corrected chi connectivity index (χ0v) is 14.6. The maximum atomic E-state index is 12.2. The molecule has 0 aliphatic carbocycles. The van der Waals surface area contributed by atoms with Crippen LogP contribution in [0.5, 0.6) is 0 Å². The van der Waals surface area contributed by atoms with Gasteiger partial charge in [-0.05, 0) is 43.7 Å². The predicted octanol–water partition coefficient (Wildman–Crippen LogP) is 5.31.